The lowest BCUT2D eigenvalue weighted by Gasteiger charge is -2.25. The highest BCUT2D eigenvalue weighted by Crippen LogP contribution is 2.46. The molecule has 1 atom stereocenters. The minimum absolute atomic E-state index is 0.0237. The van der Waals surface area contributed by atoms with Gasteiger partial charge in [0.25, 0.3) is 5.91 Å². The molecule has 39 heavy (non-hydrogen) atoms. The predicted molar refractivity (Wildman–Crippen MR) is 153 cm³/mol. The number of aryl methyl sites for hydroxylation is 3. The van der Waals surface area contributed by atoms with Crippen LogP contribution < -0.4 is 14.4 Å². The van der Waals surface area contributed by atoms with Gasteiger partial charge < -0.3 is 14.6 Å². The fraction of sp³-hybridized carbons (Fsp3) is 0.241. The number of benzene rings is 2. The zero-order valence-corrected chi connectivity index (χ0v) is 23.6. The van der Waals surface area contributed by atoms with Crippen molar-refractivity contribution in [1.29, 1.82) is 0 Å². The van der Waals surface area contributed by atoms with E-state index in [9.17, 15) is 14.7 Å². The number of aliphatic hydroxyl groups is 1. The van der Waals surface area contributed by atoms with Crippen LogP contribution in [0.5, 0.6) is 11.5 Å². The van der Waals surface area contributed by atoms with Crippen molar-refractivity contribution < 1.29 is 24.2 Å². The molecule has 0 spiro atoms. The summed E-state index contributed by atoms with van der Waals surface area (Å²) in [5, 5.41) is 12.3. The molecule has 1 aliphatic rings. The second-order valence-electron chi connectivity index (χ2n) is 9.02. The second-order valence-corrected chi connectivity index (χ2v) is 11.2. The maximum atomic E-state index is 13.9. The molecule has 0 fully saturated rings. The van der Waals surface area contributed by atoms with Gasteiger partial charge in [-0.05, 0) is 63.1 Å². The predicted octanol–water partition coefficient (Wildman–Crippen LogP) is 6.42. The van der Waals surface area contributed by atoms with Crippen molar-refractivity contribution in [1.82, 2.24) is 9.97 Å². The molecule has 200 valence electrons. The third-order valence-electron chi connectivity index (χ3n) is 6.24. The molecule has 4 aromatic rings. The molecule has 8 nitrogen and oxygen atoms in total. The summed E-state index contributed by atoms with van der Waals surface area (Å²) in [5.74, 6) is -0.786. The lowest BCUT2D eigenvalue weighted by atomic mass is 9.95. The highest BCUT2D eigenvalue weighted by atomic mass is 32.1. The van der Waals surface area contributed by atoms with Crippen LogP contribution in [0.3, 0.4) is 0 Å². The Morgan fingerprint density at radius 3 is 2.59 bits per heavy atom. The first kappa shape index (κ1) is 26.6. The van der Waals surface area contributed by atoms with E-state index in [2.05, 4.69) is 11.6 Å². The van der Waals surface area contributed by atoms with Crippen molar-refractivity contribution in [3.05, 3.63) is 87.1 Å². The van der Waals surface area contributed by atoms with Crippen molar-refractivity contribution in [2.75, 3.05) is 18.1 Å². The van der Waals surface area contributed by atoms with E-state index in [-0.39, 0.29) is 12.2 Å². The number of rotatable bonds is 9. The Balaban J connectivity index is 1.69. The van der Waals surface area contributed by atoms with Crippen LogP contribution in [0, 0.1) is 20.8 Å². The van der Waals surface area contributed by atoms with Gasteiger partial charge in [-0.15, -0.1) is 11.3 Å². The Morgan fingerprint density at radius 2 is 1.90 bits per heavy atom. The number of fused-ring (bicyclic) bond motifs is 1. The summed E-state index contributed by atoms with van der Waals surface area (Å²) in [6, 6.07) is 10.1. The molecule has 5 rings (SSSR count). The van der Waals surface area contributed by atoms with Crippen LogP contribution in [0.1, 0.15) is 44.5 Å². The van der Waals surface area contributed by atoms with Gasteiger partial charge in [0, 0.05) is 0 Å². The topological polar surface area (TPSA) is 102 Å². The minimum Gasteiger partial charge on any atom is -0.503 e. The number of carbonyl (C=O) groups excluding carboxylic acids is 2. The molecular weight excluding hydrogens is 534 g/mol. The van der Waals surface area contributed by atoms with Crippen molar-refractivity contribution in [2.24, 2.45) is 0 Å². The zero-order valence-electron chi connectivity index (χ0n) is 22.0. The Morgan fingerprint density at radius 1 is 1.10 bits per heavy atom. The third-order valence-corrected chi connectivity index (χ3v) is 8.33. The Hall–Kier alpha value is -4.02. The van der Waals surface area contributed by atoms with Gasteiger partial charge in [-0.1, -0.05) is 36.1 Å². The number of aliphatic hydroxyl groups excluding tert-OH is 1. The van der Waals surface area contributed by atoms with Crippen LogP contribution >= 0.6 is 22.7 Å². The molecule has 0 saturated heterocycles. The minimum atomic E-state index is -0.943. The fourth-order valence-corrected chi connectivity index (χ4v) is 6.53. The molecule has 2 aromatic carbocycles. The smallest absolute Gasteiger partial charge is 0.296 e. The Kier molecular flexibility index (Phi) is 7.24. The lowest BCUT2D eigenvalue weighted by molar-refractivity contribution is -0.117. The number of anilines is 1. The molecule has 1 unspecified atom stereocenters. The van der Waals surface area contributed by atoms with Crippen molar-refractivity contribution >= 4 is 49.7 Å². The summed E-state index contributed by atoms with van der Waals surface area (Å²) >= 11 is 2.56. The summed E-state index contributed by atoms with van der Waals surface area (Å²) in [5.41, 5.74) is 2.88. The number of aromatic nitrogens is 2. The number of nitrogens with zero attached hydrogens (tertiary/aromatic N) is 3. The highest BCUT2D eigenvalue weighted by Gasteiger charge is 2.46. The van der Waals surface area contributed by atoms with Crippen LogP contribution in [0.25, 0.3) is 10.2 Å². The molecule has 3 heterocycles. The van der Waals surface area contributed by atoms with E-state index in [1.54, 1.807) is 31.2 Å². The standard InChI is InChI=1S/C29H27N3O5S2/c1-6-12-37-20-11-9-18(14-21(20)36-7-2)24-23(25(33)27-16(4)30-17(5)38-27)26(34)28(35)32(24)29-31-19-10-8-15(3)13-22(19)39-29/h6,8-11,13-14,24,34H,1,7,12H2,2-5H3. The second kappa shape index (κ2) is 10.6. The average molecular weight is 562 g/mol. The molecule has 1 amide bonds. The molecule has 0 aliphatic carbocycles. The van der Waals surface area contributed by atoms with Gasteiger partial charge in [0.15, 0.2) is 22.4 Å². The van der Waals surface area contributed by atoms with E-state index in [0.717, 1.165) is 20.8 Å². The number of carbonyl (C=O) groups is 2. The summed E-state index contributed by atoms with van der Waals surface area (Å²) in [6.07, 6.45) is 1.63. The van der Waals surface area contributed by atoms with Crippen LogP contribution in [-0.4, -0.2) is 40.0 Å². The van der Waals surface area contributed by atoms with E-state index in [1.165, 1.54) is 27.6 Å². The first-order chi connectivity index (χ1) is 18.7. The zero-order chi connectivity index (χ0) is 27.8. The molecule has 1 N–H and O–H groups in total. The van der Waals surface area contributed by atoms with Gasteiger partial charge in [-0.3, -0.25) is 14.5 Å². The number of Topliss-reactive ketones (excluding diaryl/α,β-unsaturated/α-hetero) is 1. The van der Waals surface area contributed by atoms with Crippen LogP contribution in [-0.2, 0) is 4.79 Å². The highest BCUT2D eigenvalue weighted by molar-refractivity contribution is 7.22. The van der Waals surface area contributed by atoms with Gasteiger partial charge in [-0.2, -0.15) is 0 Å². The Labute approximate surface area is 233 Å². The summed E-state index contributed by atoms with van der Waals surface area (Å²) < 4.78 is 12.5. The summed E-state index contributed by atoms with van der Waals surface area (Å²) in [7, 11) is 0. The quantitative estimate of drug-likeness (QED) is 0.186. The van der Waals surface area contributed by atoms with Crippen molar-refractivity contribution in [3.8, 4) is 11.5 Å². The van der Waals surface area contributed by atoms with E-state index in [1.807, 2.05) is 39.0 Å². The van der Waals surface area contributed by atoms with Gasteiger partial charge in [0.05, 0.1) is 44.0 Å². The molecule has 1 aliphatic heterocycles. The normalized spacial score (nSPS) is 15.3. The van der Waals surface area contributed by atoms with E-state index in [4.69, 9.17) is 14.5 Å². The van der Waals surface area contributed by atoms with Crippen LogP contribution in [0.4, 0.5) is 5.13 Å². The van der Waals surface area contributed by atoms with Crippen LogP contribution in [0.15, 0.2) is 60.4 Å². The summed E-state index contributed by atoms with van der Waals surface area (Å²) in [6.45, 7) is 11.7. The number of amides is 1. The summed E-state index contributed by atoms with van der Waals surface area (Å²) in [4.78, 5) is 38.4. The number of thiazole rings is 2. The SMILES string of the molecule is C=CCOc1ccc(C2C(C(=O)c3sc(C)nc3C)=C(O)C(=O)N2c2nc3ccc(C)cc3s2)cc1OCC. The molecule has 2 aromatic heterocycles. The number of ketones is 1. The molecular formula is C29H27N3O5S2. The number of hydrogen-bond acceptors (Lipinski definition) is 9. The van der Waals surface area contributed by atoms with E-state index >= 15 is 0 Å². The fourth-order valence-electron chi connectivity index (χ4n) is 4.57. The van der Waals surface area contributed by atoms with Crippen molar-refractivity contribution in [3.63, 3.8) is 0 Å². The monoisotopic (exact) mass is 561 g/mol. The van der Waals surface area contributed by atoms with Crippen LogP contribution in [0.2, 0.25) is 0 Å². The first-order valence-corrected chi connectivity index (χ1v) is 14.0. The number of ether oxygens (including phenoxy) is 2. The van der Waals surface area contributed by atoms with Gasteiger partial charge in [0.1, 0.15) is 6.61 Å². The van der Waals surface area contributed by atoms with E-state index < -0.39 is 23.5 Å². The average Bonchev–Trinajstić information content (AvgIpc) is 3.55. The lowest BCUT2D eigenvalue weighted by Crippen LogP contribution is -2.31. The van der Waals surface area contributed by atoms with Gasteiger partial charge >= 0.3 is 0 Å². The molecule has 0 radical (unpaired) electrons. The Bertz CT molecular complexity index is 1650. The largest absolute Gasteiger partial charge is 0.503 e. The molecule has 10 heteroatoms. The molecule has 0 saturated carbocycles. The maximum absolute atomic E-state index is 13.9. The molecule has 0 bridgehead atoms. The van der Waals surface area contributed by atoms with E-state index in [0.29, 0.717) is 39.4 Å². The maximum Gasteiger partial charge on any atom is 0.296 e. The van der Waals surface area contributed by atoms with Crippen molar-refractivity contribution in [2.45, 2.75) is 33.7 Å². The first-order valence-electron chi connectivity index (χ1n) is 12.4. The third kappa shape index (κ3) is 4.81. The van der Waals surface area contributed by atoms with Gasteiger partial charge in [0.2, 0.25) is 5.78 Å². The van der Waals surface area contributed by atoms with Gasteiger partial charge in [-0.25, -0.2) is 9.97 Å². The number of hydrogen-bond donors (Lipinski definition) is 1.